The monoisotopic (exact) mass is 399 g/mol. The summed E-state index contributed by atoms with van der Waals surface area (Å²) in [5, 5.41) is 14.5. The minimum atomic E-state index is -0.205. The Balaban J connectivity index is 1.87. The molecule has 1 aliphatic heterocycles. The topological polar surface area (TPSA) is 68.1 Å². The maximum absolute atomic E-state index is 12.8. The van der Waals surface area contributed by atoms with Crippen LogP contribution in [0.4, 0.5) is 0 Å². The highest BCUT2D eigenvalue weighted by Crippen LogP contribution is 2.47. The first-order valence-electron chi connectivity index (χ1n) is 10.6. The van der Waals surface area contributed by atoms with Gasteiger partial charge in [-0.3, -0.25) is 4.79 Å². The fourth-order valence-corrected chi connectivity index (χ4v) is 4.74. The van der Waals surface area contributed by atoms with Crippen LogP contribution in [-0.2, 0) is 16.1 Å². The highest BCUT2D eigenvalue weighted by Gasteiger charge is 2.37. The molecular formula is C24H33NO4. The molecule has 0 saturated heterocycles. The van der Waals surface area contributed by atoms with Crippen LogP contribution >= 0.6 is 0 Å². The van der Waals surface area contributed by atoms with Crippen molar-refractivity contribution in [2.45, 2.75) is 85.2 Å². The van der Waals surface area contributed by atoms with Crippen molar-refractivity contribution in [3.63, 3.8) is 0 Å². The van der Waals surface area contributed by atoms with Gasteiger partial charge in [0.1, 0.15) is 18.0 Å². The number of ether oxygens (including phenoxy) is 1. The van der Waals surface area contributed by atoms with Crippen molar-refractivity contribution in [3.8, 4) is 5.75 Å². The number of aliphatic hydroxyl groups excluding tert-OH is 1. The second-order valence-corrected chi connectivity index (χ2v) is 8.83. The van der Waals surface area contributed by atoms with Gasteiger partial charge in [0.2, 0.25) is 0 Å². The molecule has 5 nitrogen and oxygen atoms in total. The molecule has 1 aromatic carbocycles. The molecule has 1 N–H and O–H groups in total. The lowest BCUT2D eigenvalue weighted by molar-refractivity contribution is -0.116. The van der Waals surface area contributed by atoms with Crippen molar-refractivity contribution in [3.05, 3.63) is 39.1 Å². The molecule has 29 heavy (non-hydrogen) atoms. The van der Waals surface area contributed by atoms with Gasteiger partial charge in [0, 0.05) is 36.6 Å². The molecular weight excluding hydrogens is 366 g/mol. The number of nitrogens with zero attached hydrogens (tertiary/aromatic N) is 1. The van der Waals surface area contributed by atoms with E-state index in [1.165, 1.54) is 16.7 Å². The molecule has 158 valence electrons. The molecule has 0 fully saturated rings. The summed E-state index contributed by atoms with van der Waals surface area (Å²) in [6.07, 6.45) is 4.54. The normalized spacial score (nSPS) is 20.9. The predicted octanol–water partition coefficient (Wildman–Crippen LogP) is 5.39. The first kappa shape index (κ1) is 21.4. The summed E-state index contributed by atoms with van der Waals surface area (Å²) in [6.45, 7) is 13.0. The largest absolute Gasteiger partial charge is 0.512 e. The number of benzene rings is 1. The fraction of sp³-hybridized carbons (Fsp3) is 0.583. The summed E-state index contributed by atoms with van der Waals surface area (Å²) in [6, 6.07) is 0. The van der Waals surface area contributed by atoms with E-state index >= 15 is 0 Å². The molecule has 2 aliphatic rings. The zero-order valence-electron chi connectivity index (χ0n) is 18.5. The first-order valence-corrected chi connectivity index (χ1v) is 10.6. The Labute approximate surface area is 173 Å². The molecule has 0 saturated carbocycles. The quantitative estimate of drug-likeness (QED) is 0.515. The van der Waals surface area contributed by atoms with Crippen molar-refractivity contribution in [1.82, 2.24) is 0 Å². The molecule has 0 amide bonds. The van der Waals surface area contributed by atoms with E-state index in [4.69, 9.17) is 9.57 Å². The molecule has 1 unspecified atom stereocenters. The maximum Gasteiger partial charge on any atom is 0.162 e. The summed E-state index contributed by atoms with van der Waals surface area (Å²) < 4.78 is 6.27. The number of oxime groups is 1. The Morgan fingerprint density at radius 2 is 1.93 bits per heavy atom. The number of fused-ring (bicyclic) bond motifs is 1. The number of rotatable bonds is 6. The predicted molar refractivity (Wildman–Crippen MR) is 115 cm³/mol. The highest BCUT2D eigenvalue weighted by atomic mass is 16.6. The van der Waals surface area contributed by atoms with E-state index < -0.39 is 0 Å². The number of ketones is 1. The summed E-state index contributed by atoms with van der Waals surface area (Å²) in [4.78, 5) is 17.8. The number of hydrogen-bond acceptors (Lipinski definition) is 5. The Kier molecular flexibility index (Phi) is 6.06. The molecule has 1 aliphatic carbocycles. The van der Waals surface area contributed by atoms with E-state index in [0.717, 1.165) is 23.3 Å². The van der Waals surface area contributed by atoms with Gasteiger partial charge in [-0.25, -0.2) is 0 Å². The zero-order chi connectivity index (χ0) is 21.3. The van der Waals surface area contributed by atoms with Gasteiger partial charge in [0.25, 0.3) is 0 Å². The second kappa shape index (κ2) is 8.21. The van der Waals surface area contributed by atoms with Crippen LogP contribution in [0.3, 0.4) is 0 Å². The standard InChI is InChI=1S/C24H33NO4/c1-7-28-25-10-8-9-18-20(26)11-17(12-21(18)27)22-15(3)14(2)19-13-24(5,6)29-23(19)16(22)4/h10,17,26H,7-9,11-13H2,1-6H3. The number of carbonyl (C=O) groups is 1. The summed E-state index contributed by atoms with van der Waals surface area (Å²) in [7, 11) is 0. The van der Waals surface area contributed by atoms with E-state index in [2.05, 4.69) is 39.8 Å². The van der Waals surface area contributed by atoms with Crippen LogP contribution in [0.5, 0.6) is 5.75 Å². The zero-order valence-corrected chi connectivity index (χ0v) is 18.5. The van der Waals surface area contributed by atoms with Crippen molar-refractivity contribution in [1.29, 1.82) is 0 Å². The van der Waals surface area contributed by atoms with Gasteiger partial charge in [-0.15, -0.1) is 0 Å². The van der Waals surface area contributed by atoms with E-state index in [1.54, 1.807) is 6.21 Å². The third kappa shape index (κ3) is 4.19. The third-order valence-corrected chi connectivity index (χ3v) is 6.19. The highest BCUT2D eigenvalue weighted by molar-refractivity contribution is 5.97. The summed E-state index contributed by atoms with van der Waals surface area (Å²) in [5.74, 6) is 1.21. The average Bonchev–Trinajstić information content (AvgIpc) is 2.98. The van der Waals surface area contributed by atoms with Crippen molar-refractivity contribution >= 4 is 12.0 Å². The SMILES string of the molecule is CCON=CCCC1=C(O)CC(c2c(C)c(C)c3c(c2C)OC(C)(C)C3)CC1=O. The van der Waals surface area contributed by atoms with Gasteiger partial charge in [-0.05, 0) is 82.6 Å². The van der Waals surface area contributed by atoms with E-state index in [9.17, 15) is 9.90 Å². The summed E-state index contributed by atoms with van der Waals surface area (Å²) >= 11 is 0. The van der Waals surface area contributed by atoms with Gasteiger partial charge in [-0.2, -0.15) is 0 Å². The number of allylic oxidation sites excluding steroid dienone is 2. The Hall–Kier alpha value is -2.30. The minimum Gasteiger partial charge on any atom is -0.512 e. The Morgan fingerprint density at radius 1 is 1.21 bits per heavy atom. The molecule has 1 aromatic rings. The van der Waals surface area contributed by atoms with Crippen molar-refractivity contribution in [2.75, 3.05) is 6.61 Å². The molecule has 3 rings (SSSR count). The molecule has 5 heteroatoms. The number of Topliss-reactive ketones (excluding diaryl/α,β-unsaturated/α-hetero) is 1. The van der Waals surface area contributed by atoms with Crippen LogP contribution < -0.4 is 4.74 Å². The van der Waals surface area contributed by atoms with Crippen molar-refractivity contribution in [2.24, 2.45) is 5.16 Å². The summed E-state index contributed by atoms with van der Waals surface area (Å²) in [5.41, 5.74) is 6.37. The van der Waals surface area contributed by atoms with Crippen LogP contribution in [0.15, 0.2) is 16.5 Å². The third-order valence-electron chi connectivity index (χ3n) is 6.19. The van der Waals surface area contributed by atoms with Gasteiger partial charge < -0.3 is 14.7 Å². The van der Waals surface area contributed by atoms with Gasteiger partial charge in [-0.1, -0.05) is 5.16 Å². The Bertz CT molecular complexity index is 880. The van der Waals surface area contributed by atoms with Crippen molar-refractivity contribution < 1.29 is 19.5 Å². The van der Waals surface area contributed by atoms with Crippen LogP contribution in [0.1, 0.15) is 80.2 Å². The molecule has 1 heterocycles. The molecule has 0 spiro atoms. The molecule has 1 atom stereocenters. The lowest BCUT2D eigenvalue weighted by Crippen LogP contribution is -2.25. The number of hydrogen-bond donors (Lipinski definition) is 1. The van der Waals surface area contributed by atoms with E-state index in [0.29, 0.717) is 37.9 Å². The Morgan fingerprint density at radius 3 is 2.59 bits per heavy atom. The van der Waals surface area contributed by atoms with Gasteiger partial charge in [0.05, 0.1) is 5.76 Å². The smallest absolute Gasteiger partial charge is 0.162 e. The number of carbonyl (C=O) groups excluding carboxylic acids is 1. The lowest BCUT2D eigenvalue weighted by atomic mass is 9.76. The molecule has 0 bridgehead atoms. The second-order valence-electron chi connectivity index (χ2n) is 8.83. The average molecular weight is 400 g/mol. The molecule has 0 aromatic heterocycles. The lowest BCUT2D eigenvalue weighted by Gasteiger charge is -2.28. The maximum atomic E-state index is 12.8. The van der Waals surface area contributed by atoms with Crippen LogP contribution in [0.2, 0.25) is 0 Å². The van der Waals surface area contributed by atoms with Gasteiger partial charge >= 0.3 is 0 Å². The van der Waals surface area contributed by atoms with E-state index in [1.807, 2.05) is 6.92 Å². The van der Waals surface area contributed by atoms with Crippen LogP contribution in [-0.4, -0.2) is 29.3 Å². The first-order chi connectivity index (χ1) is 13.7. The van der Waals surface area contributed by atoms with Crippen LogP contribution in [0, 0.1) is 20.8 Å². The fourth-order valence-electron chi connectivity index (χ4n) is 4.74. The van der Waals surface area contributed by atoms with E-state index in [-0.39, 0.29) is 23.1 Å². The van der Waals surface area contributed by atoms with Gasteiger partial charge in [0.15, 0.2) is 5.78 Å². The van der Waals surface area contributed by atoms with Crippen LogP contribution in [0.25, 0.3) is 0 Å². The number of aliphatic hydroxyl groups is 1. The molecule has 0 radical (unpaired) electrons. The minimum absolute atomic E-state index is 0.0142.